The van der Waals surface area contributed by atoms with Crippen molar-refractivity contribution >= 4 is 16.7 Å². The van der Waals surface area contributed by atoms with Gasteiger partial charge in [0.2, 0.25) is 0 Å². The first kappa shape index (κ1) is 19.6. The predicted octanol–water partition coefficient (Wildman–Crippen LogP) is 4.15. The van der Waals surface area contributed by atoms with E-state index in [4.69, 9.17) is 4.98 Å². The number of halogens is 2. The maximum atomic E-state index is 14.3. The van der Waals surface area contributed by atoms with Gasteiger partial charge in [0.15, 0.2) is 0 Å². The predicted molar refractivity (Wildman–Crippen MR) is 117 cm³/mol. The van der Waals surface area contributed by atoms with Crippen LogP contribution in [0.25, 0.3) is 33.4 Å². The number of likely N-dealkylation sites (N-methyl/N-ethyl adjacent to an activating group) is 1. The van der Waals surface area contributed by atoms with Gasteiger partial charge in [-0.2, -0.15) is 5.10 Å². The first-order valence-corrected chi connectivity index (χ1v) is 10.3. The van der Waals surface area contributed by atoms with Gasteiger partial charge in [0.25, 0.3) is 0 Å². The van der Waals surface area contributed by atoms with Crippen molar-refractivity contribution < 1.29 is 8.78 Å². The highest BCUT2D eigenvalue weighted by Gasteiger charge is 2.21. The highest BCUT2D eigenvalue weighted by atomic mass is 19.1. The van der Waals surface area contributed by atoms with Crippen LogP contribution in [0.4, 0.5) is 14.6 Å². The van der Waals surface area contributed by atoms with Crippen LogP contribution in [0.1, 0.15) is 12.8 Å². The van der Waals surface area contributed by atoms with Crippen LogP contribution in [-0.4, -0.2) is 46.3 Å². The highest BCUT2D eigenvalue weighted by Crippen LogP contribution is 2.32. The zero-order valence-corrected chi connectivity index (χ0v) is 17.1. The SMILES string of the molecule is CN(c1cncc(-c2n[nH]c3ccc(-c4c(F)cccc4F)cc23)n1)C1CCCNC1. The fourth-order valence-corrected chi connectivity index (χ4v) is 4.13. The Morgan fingerprint density at radius 2 is 1.94 bits per heavy atom. The number of nitrogens with zero attached hydrogens (tertiary/aromatic N) is 4. The first-order chi connectivity index (χ1) is 15.1. The van der Waals surface area contributed by atoms with Gasteiger partial charge in [-0.25, -0.2) is 13.8 Å². The number of piperidine rings is 1. The number of rotatable bonds is 4. The van der Waals surface area contributed by atoms with Crippen molar-refractivity contribution in [2.24, 2.45) is 0 Å². The van der Waals surface area contributed by atoms with Gasteiger partial charge in [-0.05, 0) is 49.2 Å². The van der Waals surface area contributed by atoms with E-state index in [-0.39, 0.29) is 5.56 Å². The van der Waals surface area contributed by atoms with Crippen molar-refractivity contribution in [1.82, 2.24) is 25.5 Å². The molecule has 158 valence electrons. The molecule has 1 fully saturated rings. The van der Waals surface area contributed by atoms with Crippen LogP contribution in [0, 0.1) is 11.6 Å². The van der Waals surface area contributed by atoms with Gasteiger partial charge in [-0.15, -0.1) is 0 Å². The van der Waals surface area contributed by atoms with E-state index in [0.29, 0.717) is 23.0 Å². The Kier molecular flexibility index (Phi) is 5.07. The molecule has 8 heteroatoms. The molecule has 2 aromatic carbocycles. The zero-order chi connectivity index (χ0) is 21.4. The monoisotopic (exact) mass is 420 g/mol. The number of aromatic nitrogens is 4. The summed E-state index contributed by atoms with van der Waals surface area (Å²) in [7, 11) is 2.02. The van der Waals surface area contributed by atoms with E-state index < -0.39 is 11.6 Å². The number of H-pyrrole nitrogens is 1. The smallest absolute Gasteiger partial charge is 0.147 e. The molecule has 0 amide bonds. The Bertz CT molecular complexity index is 1210. The molecule has 3 heterocycles. The number of aromatic amines is 1. The van der Waals surface area contributed by atoms with Crippen molar-refractivity contribution in [2.75, 3.05) is 25.0 Å². The summed E-state index contributed by atoms with van der Waals surface area (Å²) in [5, 5.41) is 11.5. The molecule has 0 spiro atoms. The minimum Gasteiger partial charge on any atom is -0.354 e. The minimum absolute atomic E-state index is 0.0547. The number of benzene rings is 2. The van der Waals surface area contributed by atoms with Gasteiger partial charge in [0.05, 0.1) is 23.5 Å². The van der Waals surface area contributed by atoms with E-state index in [1.807, 2.05) is 7.05 Å². The summed E-state index contributed by atoms with van der Waals surface area (Å²) in [6.07, 6.45) is 5.62. The lowest BCUT2D eigenvalue weighted by atomic mass is 10.0. The fourth-order valence-electron chi connectivity index (χ4n) is 4.13. The van der Waals surface area contributed by atoms with Crippen LogP contribution < -0.4 is 10.2 Å². The lowest BCUT2D eigenvalue weighted by Crippen LogP contribution is -2.44. The largest absolute Gasteiger partial charge is 0.354 e. The van der Waals surface area contributed by atoms with Gasteiger partial charge in [0.1, 0.15) is 28.8 Å². The summed E-state index contributed by atoms with van der Waals surface area (Å²) in [6, 6.07) is 9.40. The molecule has 0 bridgehead atoms. The topological polar surface area (TPSA) is 69.7 Å². The van der Waals surface area contributed by atoms with E-state index in [1.165, 1.54) is 18.2 Å². The molecule has 1 aliphatic rings. The van der Waals surface area contributed by atoms with Crippen LogP contribution in [0.15, 0.2) is 48.8 Å². The lowest BCUT2D eigenvalue weighted by Gasteiger charge is -2.32. The molecular formula is C23H22F2N6. The molecule has 6 nitrogen and oxygen atoms in total. The standard InChI is InChI=1S/C23H22F2N6/c1-31(15-4-3-9-26-11-15)21-13-27-12-20(28-21)23-16-10-14(7-8-19(16)29-30-23)22-17(24)5-2-6-18(22)25/h2,5-8,10,12-13,15,26H,3-4,9,11H2,1H3,(H,29,30). The Labute approximate surface area is 178 Å². The summed E-state index contributed by atoms with van der Waals surface area (Å²) in [6.45, 7) is 1.95. The van der Waals surface area contributed by atoms with Crippen LogP contribution in [-0.2, 0) is 0 Å². The molecule has 0 aliphatic carbocycles. The molecular weight excluding hydrogens is 398 g/mol. The van der Waals surface area contributed by atoms with Crippen molar-refractivity contribution in [3.8, 4) is 22.5 Å². The Hall–Kier alpha value is -3.39. The number of hydrogen-bond acceptors (Lipinski definition) is 5. The van der Waals surface area contributed by atoms with Crippen molar-refractivity contribution in [1.29, 1.82) is 0 Å². The van der Waals surface area contributed by atoms with Crippen LogP contribution in [0.5, 0.6) is 0 Å². The van der Waals surface area contributed by atoms with E-state index in [9.17, 15) is 8.78 Å². The van der Waals surface area contributed by atoms with E-state index >= 15 is 0 Å². The van der Waals surface area contributed by atoms with E-state index in [0.717, 1.165) is 42.7 Å². The summed E-state index contributed by atoms with van der Waals surface area (Å²) < 4.78 is 28.6. The summed E-state index contributed by atoms with van der Waals surface area (Å²) in [5.41, 5.74) is 2.34. The third-order valence-corrected chi connectivity index (χ3v) is 5.86. The van der Waals surface area contributed by atoms with Crippen molar-refractivity contribution in [3.63, 3.8) is 0 Å². The maximum Gasteiger partial charge on any atom is 0.147 e. The first-order valence-electron chi connectivity index (χ1n) is 10.3. The zero-order valence-electron chi connectivity index (χ0n) is 17.1. The lowest BCUT2D eigenvalue weighted by molar-refractivity contribution is 0.443. The number of anilines is 1. The number of fused-ring (bicyclic) bond motifs is 1. The van der Waals surface area contributed by atoms with Gasteiger partial charge in [-0.1, -0.05) is 12.1 Å². The Morgan fingerprint density at radius 1 is 1.10 bits per heavy atom. The summed E-state index contributed by atoms with van der Waals surface area (Å²) >= 11 is 0. The van der Waals surface area contributed by atoms with E-state index in [1.54, 1.807) is 30.6 Å². The molecule has 5 rings (SSSR count). The average molecular weight is 420 g/mol. The highest BCUT2D eigenvalue weighted by molar-refractivity contribution is 5.95. The molecule has 2 N–H and O–H groups in total. The number of nitrogens with one attached hydrogen (secondary N) is 2. The van der Waals surface area contributed by atoms with Crippen molar-refractivity contribution in [2.45, 2.75) is 18.9 Å². The molecule has 0 saturated carbocycles. The molecule has 31 heavy (non-hydrogen) atoms. The van der Waals surface area contributed by atoms with Crippen LogP contribution in [0.3, 0.4) is 0 Å². The molecule has 4 aromatic rings. The Morgan fingerprint density at radius 3 is 2.71 bits per heavy atom. The second-order valence-electron chi connectivity index (χ2n) is 7.80. The number of hydrogen-bond donors (Lipinski definition) is 2. The average Bonchev–Trinajstić information content (AvgIpc) is 3.22. The van der Waals surface area contributed by atoms with Gasteiger partial charge in [-0.3, -0.25) is 10.1 Å². The molecule has 1 unspecified atom stereocenters. The second-order valence-corrected chi connectivity index (χ2v) is 7.80. The quantitative estimate of drug-likeness (QED) is 0.519. The molecule has 0 radical (unpaired) electrons. The van der Waals surface area contributed by atoms with E-state index in [2.05, 4.69) is 25.4 Å². The third-order valence-electron chi connectivity index (χ3n) is 5.86. The molecule has 2 aromatic heterocycles. The summed E-state index contributed by atoms with van der Waals surface area (Å²) in [5.74, 6) is -0.443. The molecule has 1 atom stereocenters. The van der Waals surface area contributed by atoms with Crippen LogP contribution in [0.2, 0.25) is 0 Å². The van der Waals surface area contributed by atoms with Gasteiger partial charge >= 0.3 is 0 Å². The van der Waals surface area contributed by atoms with Crippen LogP contribution >= 0.6 is 0 Å². The summed E-state index contributed by atoms with van der Waals surface area (Å²) in [4.78, 5) is 11.3. The fraction of sp³-hybridized carbons (Fsp3) is 0.261. The normalized spacial score (nSPS) is 16.5. The minimum atomic E-state index is -0.603. The Balaban J connectivity index is 1.55. The third kappa shape index (κ3) is 3.63. The van der Waals surface area contributed by atoms with Crippen molar-refractivity contribution in [3.05, 3.63) is 60.4 Å². The van der Waals surface area contributed by atoms with Gasteiger partial charge < -0.3 is 10.2 Å². The maximum absolute atomic E-state index is 14.3. The molecule has 1 aliphatic heterocycles. The molecule has 1 saturated heterocycles. The van der Waals surface area contributed by atoms with Gasteiger partial charge in [0, 0.05) is 25.0 Å². The second kappa shape index (κ2) is 8.03.